The summed E-state index contributed by atoms with van der Waals surface area (Å²) in [5.41, 5.74) is 0. The number of ether oxygens (including phenoxy) is 4. The van der Waals surface area contributed by atoms with Crippen LogP contribution in [0.1, 0.15) is 213 Å². The number of carbonyl (C=O) groups excluding carboxylic acids is 1. The molecule has 0 saturated carbocycles. The minimum absolute atomic E-state index is 0.117. The average Bonchev–Trinajstić information content (AvgIpc) is 3.24. The number of hydrogen-bond donors (Lipinski definition) is 4. The van der Waals surface area contributed by atoms with Crippen molar-refractivity contribution in [2.75, 3.05) is 26.4 Å². The van der Waals surface area contributed by atoms with E-state index < -0.39 is 43.4 Å². The van der Waals surface area contributed by atoms with Gasteiger partial charge in [0.1, 0.15) is 30.5 Å². The monoisotopic (exact) mass is 837 g/mol. The highest BCUT2D eigenvalue weighted by Crippen LogP contribution is 2.23. The van der Waals surface area contributed by atoms with Gasteiger partial charge in [-0.3, -0.25) is 4.79 Å². The second-order valence-electron chi connectivity index (χ2n) is 16.9. The lowest BCUT2D eigenvalue weighted by molar-refractivity contribution is -0.305. The fraction of sp³-hybridized carbons (Fsp3) is 0.860. The van der Waals surface area contributed by atoms with Gasteiger partial charge in [-0.15, -0.1) is 0 Å². The lowest BCUT2D eigenvalue weighted by Crippen LogP contribution is -2.59. The molecule has 6 atom stereocenters. The molecule has 346 valence electrons. The number of aliphatic hydroxyl groups excluding tert-OH is 4. The SMILES string of the molecule is CCCC/C=C\C/C=C\CCCCCCCCOCC(COC1OC(CO)C(O)C(O)C1O)OC(=O)CCCCCCCCCCC/C=C\CCCCCCCCCC. The molecule has 9 nitrogen and oxygen atoms in total. The van der Waals surface area contributed by atoms with Crippen LogP contribution in [-0.2, 0) is 23.7 Å². The molecule has 0 amide bonds. The van der Waals surface area contributed by atoms with Gasteiger partial charge >= 0.3 is 5.97 Å². The van der Waals surface area contributed by atoms with Gasteiger partial charge in [-0.1, -0.05) is 179 Å². The molecule has 1 aliphatic heterocycles. The largest absolute Gasteiger partial charge is 0.457 e. The zero-order valence-corrected chi connectivity index (χ0v) is 38.0. The predicted octanol–water partition coefficient (Wildman–Crippen LogP) is 11.5. The zero-order valence-electron chi connectivity index (χ0n) is 38.0. The maximum Gasteiger partial charge on any atom is 0.306 e. The van der Waals surface area contributed by atoms with Crippen molar-refractivity contribution in [2.45, 2.75) is 250 Å². The molecule has 59 heavy (non-hydrogen) atoms. The van der Waals surface area contributed by atoms with Crippen LogP contribution in [0.15, 0.2) is 36.5 Å². The molecular weight excluding hydrogens is 745 g/mol. The molecule has 1 fully saturated rings. The van der Waals surface area contributed by atoms with Gasteiger partial charge in [0.15, 0.2) is 6.29 Å². The Morgan fingerprint density at radius 1 is 0.542 bits per heavy atom. The number of esters is 1. The summed E-state index contributed by atoms with van der Waals surface area (Å²) in [5.74, 6) is -0.318. The molecule has 0 aromatic carbocycles. The van der Waals surface area contributed by atoms with Crippen molar-refractivity contribution >= 4 is 5.97 Å². The predicted molar refractivity (Wildman–Crippen MR) is 242 cm³/mol. The van der Waals surface area contributed by atoms with E-state index in [2.05, 4.69) is 50.3 Å². The van der Waals surface area contributed by atoms with Gasteiger partial charge in [0, 0.05) is 13.0 Å². The zero-order chi connectivity index (χ0) is 42.9. The first kappa shape index (κ1) is 55.4. The summed E-state index contributed by atoms with van der Waals surface area (Å²) < 4.78 is 22.8. The number of carbonyl (C=O) groups is 1. The Hall–Kier alpha value is -1.59. The summed E-state index contributed by atoms with van der Waals surface area (Å²) in [4.78, 5) is 12.8. The number of aliphatic hydroxyl groups is 4. The molecular formula is C50H92O9. The Labute approximate surface area is 361 Å². The van der Waals surface area contributed by atoms with Crippen molar-refractivity contribution in [3.63, 3.8) is 0 Å². The second kappa shape index (κ2) is 41.7. The molecule has 9 heteroatoms. The molecule has 0 bridgehead atoms. The molecule has 4 N–H and O–H groups in total. The second-order valence-corrected chi connectivity index (χ2v) is 16.9. The van der Waals surface area contributed by atoms with E-state index >= 15 is 0 Å². The van der Waals surface area contributed by atoms with Crippen LogP contribution in [0.5, 0.6) is 0 Å². The van der Waals surface area contributed by atoms with Crippen molar-refractivity contribution in [3.8, 4) is 0 Å². The average molecular weight is 837 g/mol. The van der Waals surface area contributed by atoms with Crippen LogP contribution in [-0.4, -0.2) is 89.6 Å². The Bertz CT molecular complexity index is 999. The van der Waals surface area contributed by atoms with Gasteiger partial charge in [0.05, 0.1) is 19.8 Å². The van der Waals surface area contributed by atoms with E-state index in [-0.39, 0.29) is 19.2 Å². The first-order valence-corrected chi connectivity index (χ1v) is 24.6. The first-order chi connectivity index (χ1) is 28.9. The van der Waals surface area contributed by atoms with E-state index in [0.717, 1.165) is 51.4 Å². The van der Waals surface area contributed by atoms with Gasteiger partial charge in [-0.05, 0) is 64.2 Å². The number of unbranched alkanes of at least 4 members (excludes halogenated alkanes) is 25. The quantitative estimate of drug-likeness (QED) is 0.0269. The summed E-state index contributed by atoms with van der Waals surface area (Å²) >= 11 is 0. The van der Waals surface area contributed by atoms with E-state index in [1.807, 2.05) is 0 Å². The summed E-state index contributed by atoms with van der Waals surface area (Å²) in [5, 5.41) is 40.2. The smallest absolute Gasteiger partial charge is 0.306 e. The summed E-state index contributed by atoms with van der Waals surface area (Å²) in [6.07, 6.45) is 43.1. The normalized spacial score (nSPS) is 20.4. The van der Waals surface area contributed by atoms with E-state index in [4.69, 9.17) is 18.9 Å². The van der Waals surface area contributed by atoms with Crippen molar-refractivity contribution in [2.24, 2.45) is 0 Å². The van der Waals surface area contributed by atoms with E-state index in [0.29, 0.717) is 13.0 Å². The van der Waals surface area contributed by atoms with E-state index in [1.54, 1.807) is 0 Å². The van der Waals surface area contributed by atoms with Crippen LogP contribution in [0.2, 0.25) is 0 Å². The van der Waals surface area contributed by atoms with Gasteiger partial charge in [-0.2, -0.15) is 0 Å². The third kappa shape index (κ3) is 32.7. The number of rotatable bonds is 42. The minimum atomic E-state index is -1.54. The highest BCUT2D eigenvalue weighted by molar-refractivity contribution is 5.69. The fourth-order valence-electron chi connectivity index (χ4n) is 7.39. The molecule has 0 aromatic rings. The topological polar surface area (TPSA) is 135 Å². The van der Waals surface area contributed by atoms with Gasteiger partial charge < -0.3 is 39.4 Å². The van der Waals surface area contributed by atoms with Crippen molar-refractivity contribution in [1.29, 1.82) is 0 Å². The van der Waals surface area contributed by atoms with Gasteiger partial charge in [0.2, 0.25) is 0 Å². The first-order valence-electron chi connectivity index (χ1n) is 24.6. The van der Waals surface area contributed by atoms with E-state index in [1.165, 1.54) is 141 Å². The lowest BCUT2D eigenvalue weighted by Gasteiger charge is -2.39. The fourth-order valence-corrected chi connectivity index (χ4v) is 7.39. The Morgan fingerprint density at radius 3 is 1.53 bits per heavy atom. The van der Waals surface area contributed by atoms with Crippen LogP contribution in [0.4, 0.5) is 0 Å². The molecule has 0 radical (unpaired) electrons. The minimum Gasteiger partial charge on any atom is -0.457 e. The Balaban J connectivity index is 2.22. The van der Waals surface area contributed by atoms with Gasteiger partial charge in [0.25, 0.3) is 0 Å². The van der Waals surface area contributed by atoms with Crippen molar-refractivity contribution in [3.05, 3.63) is 36.5 Å². The standard InChI is InChI=1S/C50H92O9/c1-3-5-7-9-11-13-15-17-19-20-21-22-23-24-25-27-29-31-33-35-37-39-46(52)58-44(43-57-50-49(55)48(54)47(53)45(41-51)59-50)42-56-40-38-36-34-32-30-28-26-18-16-14-12-10-8-6-4-2/h10,12,16,18,20-21,44-45,47-51,53-55H,3-9,11,13-15,17,19,22-43H2,1-2H3/b12-10-,18-16-,21-20-. The third-order valence-electron chi connectivity index (χ3n) is 11.3. The Kier molecular flexibility index (Phi) is 39.2. The van der Waals surface area contributed by atoms with Crippen molar-refractivity contribution in [1.82, 2.24) is 0 Å². The highest BCUT2D eigenvalue weighted by atomic mass is 16.7. The molecule has 0 aromatic heterocycles. The molecule has 1 saturated heterocycles. The maximum absolute atomic E-state index is 12.8. The van der Waals surface area contributed by atoms with Crippen LogP contribution in [0.3, 0.4) is 0 Å². The number of hydrogen-bond acceptors (Lipinski definition) is 9. The molecule has 1 heterocycles. The summed E-state index contributed by atoms with van der Waals surface area (Å²) in [6.45, 7) is 4.51. The molecule has 1 rings (SSSR count). The number of allylic oxidation sites excluding steroid dienone is 6. The summed E-state index contributed by atoms with van der Waals surface area (Å²) in [7, 11) is 0. The lowest BCUT2D eigenvalue weighted by atomic mass is 9.99. The Morgan fingerprint density at radius 2 is 1.00 bits per heavy atom. The van der Waals surface area contributed by atoms with Gasteiger partial charge in [-0.25, -0.2) is 0 Å². The molecule has 1 aliphatic rings. The van der Waals surface area contributed by atoms with Crippen LogP contribution in [0, 0.1) is 0 Å². The van der Waals surface area contributed by atoms with Crippen LogP contribution in [0.25, 0.3) is 0 Å². The maximum atomic E-state index is 12.8. The third-order valence-corrected chi connectivity index (χ3v) is 11.3. The summed E-state index contributed by atoms with van der Waals surface area (Å²) in [6, 6.07) is 0. The molecule has 0 aliphatic carbocycles. The van der Waals surface area contributed by atoms with E-state index in [9.17, 15) is 25.2 Å². The van der Waals surface area contributed by atoms with Crippen molar-refractivity contribution < 1.29 is 44.2 Å². The molecule has 6 unspecified atom stereocenters. The molecule has 0 spiro atoms. The van der Waals surface area contributed by atoms with Crippen LogP contribution >= 0.6 is 0 Å². The van der Waals surface area contributed by atoms with Crippen LogP contribution < -0.4 is 0 Å². The highest BCUT2D eigenvalue weighted by Gasteiger charge is 2.44.